The van der Waals surface area contributed by atoms with Crippen LogP contribution in [0.5, 0.6) is 0 Å². The molecule has 35 heavy (non-hydrogen) atoms. The summed E-state index contributed by atoms with van der Waals surface area (Å²) in [6, 6.07) is 0. The summed E-state index contributed by atoms with van der Waals surface area (Å²) in [5.74, 6) is 1.15. The molecule has 1 amide bonds. The number of hydrogen-bond acceptors (Lipinski definition) is 11. The molecule has 0 aromatic carbocycles. The number of carbonyl (C=O) groups excluding carboxylic acids is 1. The lowest BCUT2D eigenvalue weighted by atomic mass is 9.49. The van der Waals surface area contributed by atoms with E-state index in [4.69, 9.17) is 9.47 Å². The first-order valence-electron chi connectivity index (χ1n) is 12.5. The van der Waals surface area contributed by atoms with Crippen molar-refractivity contribution in [1.82, 2.24) is 5.32 Å². The zero-order chi connectivity index (χ0) is 25.5. The number of rotatable bonds is 10. The average molecular weight is 506 g/mol. The molecule has 202 valence electrons. The van der Waals surface area contributed by atoms with E-state index >= 15 is 0 Å². The molecule has 5 aliphatic rings. The Morgan fingerprint density at radius 3 is 2.03 bits per heavy atom. The molecule has 4 bridgehead atoms. The van der Waals surface area contributed by atoms with Crippen LogP contribution in [-0.4, -0.2) is 122 Å². The quantitative estimate of drug-likeness (QED) is 0.143. The highest BCUT2D eigenvalue weighted by Crippen LogP contribution is 2.59. The van der Waals surface area contributed by atoms with E-state index < -0.39 is 74.2 Å². The van der Waals surface area contributed by atoms with Crippen LogP contribution in [-0.2, 0) is 14.3 Å². The van der Waals surface area contributed by atoms with Gasteiger partial charge in [0.05, 0.1) is 13.2 Å². The maximum atomic E-state index is 12.7. The Balaban J connectivity index is 1.38. The van der Waals surface area contributed by atoms with Crippen molar-refractivity contribution in [2.75, 3.05) is 19.8 Å². The van der Waals surface area contributed by atoms with Gasteiger partial charge >= 0.3 is 0 Å². The first-order valence-corrected chi connectivity index (χ1v) is 12.5. The third-order valence-corrected chi connectivity index (χ3v) is 8.44. The molecule has 0 aromatic heterocycles. The van der Waals surface area contributed by atoms with Gasteiger partial charge in [0, 0.05) is 6.54 Å². The van der Waals surface area contributed by atoms with E-state index in [1.165, 1.54) is 19.3 Å². The van der Waals surface area contributed by atoms with Crippen LogP contribution in [0.3, 0.4) is 0 Å². The number of nitrogens with one attached hydrogen (secondary N) is 1. The molecule has 5 rings (SSSR count). The second-order valence-corrected chi connectivity index (χ2v) is 11.1. The molecule has 1 heterocycles. The third-order valence-electron chi connectivity index (χ3n) is 8.44. The molecular weight excluding hydrogens is 466 g/mol. The topological polar surface area (TPSA) is 209 Å². The summed E-state index contributed by atoms with van der Waals surface area (Å²) >= 11 is 0. The van der Waals surface area contributed by atoms with Crippen LogP contribution in [0, 0.1) is 23.2 Å². The number of aliphatic hydroxyl groups is 8. The molecule has 0 spiro atoms. The Labute approximate surface area is 203 Å². The summed E-state index contributed by atoms with van der Waals surface area (Å²) in [7, 11) is 0. The zero-order valence-electron chi connectivity index (χ0n) is 19.6. The van der Waals surface area contributed by atoms with Crippen LogP contribution in [0.25, 0.3) is 0 Å². The smallest absolute Gasteiger partial charge is 0.251 e. The van der Waals surface area contributed by atoms with E-state index in [2.05, 4.69) is 5.32 Å². The van der Waals surface area contributed by atoms with Crippen LogP contribution in [0.2, 0.25) is 0 Å². The Kier molecular flexibility index (Phi) is 8.38. The van der Waals surface area contributed by atoms with Crippen LogP contribution < -0.4 is 5.32 Å². The fraction of sp³-hybridized carbons (Fsp3) is 0.957. The summed E-state index contributed by atoms with van der Waals surface area (Å²) in [6.45, 7) is -1.27. The monoisotopic (exact) mass is 505 g/mol. The molecule has 1 aliphatic heterocycles. The number of hydrogen-bond donors (Lipinski definition) is 9. The molecule has 0 radical (unpaired) electrons. The van der Waals surface area contributed by atoms with Gasteiger partial charge in [-0.05, 0) is 61.7 Å². The van der Waals surface area contributed by atoms with E-state index in [0.717, 1.165) is 19.3 Å². The molecule has 4 saturated carbocycles. The van der Waals surface area contributed by atoms with Crippen molar-refractivity contribution in [2.24, 2.45) is 23.2 Å². The lowest BCUT2D eigenvalue weighted by Crippen LogP contribution is -2.62. The maximum Gasteiger partial charge on any atom is 0.251 e. The van der Waals surface area contributed by atoms with Gasteiger partial charge < -0.3 is 55.6 Å². The lowest BCUT2D eigenvalue weighted by molar-refractivity contribution is -0.326. The molecule has 12 nitrogen and oxygen atoms in total. The maximum absolute atomic E-state index is 12.7. The molecule has 5 fully saturated rings. The standard InChI is InChI=1S/C23H39NO11/c25-7-13(27)20(35-22-19(32)16(29)15(28)14(8-26)34-22)17(30)18(31)21(33)24-9-23-4-10-1-11(5-23)3-12(2-10)6-23/h10-20,22,25-32H,1-9H2,(H,24,33)/t10?,11?,12?,13-,14-,15+,16+,17-,18-,19-,20-,22-,23?/m1/s1. The van der Waals surface area contributed by atoms with Gasteiger partial charge in [-0.2, -0.15) is 0 Å². The molecule has 9 N–H and O–H groups in total. The SMILES string of the molecule is O=C(NCC12CC3CC(CC(C3)C1)C2)[C@H](O)[C@@H](O)[C@H](O[C@H]1O[C@H](CO)[C@H](O)[C@H](O)[C@H]1O)[C@H](O)CO. The summed E-state index contributed by atoms with van der Waals surface area (Å²) in [5, 5.41) is 82.9. The third kappa shape index (κ3) is 5.52. The fourth-order valence-electron chi connectivity index (χ4n) is 7.06. The Hall–Kier alpha value is -0.930. The molecule has 1 saturated heterocycles. The largest absolute Gasteiger partial charge is 0.394 e. The van der Waals surface area contributed by atoms with Gasteiger partial charge in [-0.1, -0.05) is 0 Å². The van der Waals surface area contributed by atoms with E-state index in [0.29, 0.717) is 24.3 Å². The summed E-state index contributed by atoms with van der Waals surface area (Å²) in [4.78, 5) is 12.7. The van der Waals surface area contributed by atoms with Crippen LogP contribution in [0.1, 0.15) is 38.5 Å². The fourth-order valence-corrected chi connectivity index (χ4v) is 7.06. The van der Waals surface area contributed by atoms with Gasteiger partial charge in [0.15, 0.2) is 12.4 Å². The Morgan fingerprint density at radius 2 is 1.51 bits per heavy atom. The second-order valence-electron chi connectivity index (χ2n) is 11.1. The molecule has 0 aromatic rings. The highest BCUT2D eigenvalue weighted by atomic mass is 16.7. The lowest BCUT2D eigenvalue weighted by Gasteiger charge is -2.57. The predicted octanol–water partition coefficient (Wildman–Crippen LogP) is -3.42. The second kappa shape index (κ2) is 10.8. The normalized spacial score (nSPS) is 44.0. The summed E-state index contributed by atoms with van der Waals surface area (Å²) in [5.41, 5.74) is -0.00801. The number of ether oxygens (including phenoxy) is 2. The van der Waals surface area contributed by atoms with Crippen molar-refractivity contribution in [2.45, 2.75) is 93.6 Å². The first kappa shape index (κ1) is 27.1. The van der Waals surface area contributed by atoms with Gasteiger partial charge in [-0.3, -0.25) is 4.79 Å². The van der Waals surface area contributed by atoms with E-state index in [9.17, 15) is 45.6 Å². The van der Waals surface area contributed by atoms with Gasteiger partial charge in [-0.15, -0.1) is 0 Å². The van der Waals surface area contributed by atoms with Gasteiger partial charge in [0.1, 0.15) is 42.7 Å². The highest BCUT2D eigenvalue weighted by molar-refractivity contribution is 5.81. The van der Waals surface area contributed by atoms with Gasteiger partial charge in [0.25, 0.3) is 5.91 Å². The van der Waals surface area contributed by atoms with E-state index in [1.807, 2.05) is 0 Å². The number of carbonyl (C=O) groups is 1. The van der Waals surface area contributed by atoms with E-state index in [-0.39, 0.29) is 5.41 Å². The first-order chi connectivity index (χ1) is 16.6. The minimum Gasteiger partial charge on any atom is -0.394 e. The number of aliphatic hydroxyl groups excluding tert-OH is 8. The van der Waals surface area contributed by atoms with Crippen molar-refractivity contribution >= 4 is 5.91 Å². The van der Waals surface area contributed by atoms with Crippen molar-refractivity contribution in [1.29, 1.82) is 0 Å². The highest BCUT2D eigenvalue weighted by Gasteiger charge is 2.51. The number of amides is 1. The van der Waals surface area contributed by atoms with Crippen LogP contribution in [0.15, 0.2) is 0 Å². The minimum atomic E-state index is -2.03. The van der Waals surface area contributed by atoms with E-state index in [1.54, 1.807) is 0 Å². The molecule has 4 aliphatic carbocycles. The Morgan fingerprint density at radius 1 is 0.943 bits per heavy atom. The van der Waals surface area contributed by atoms with Crippen molar-refractivity contribution in [3.05, 3.63) is 0 Å². The van der Waals surface area contributed by atoms with Gasteiger partial charge in [0.2, 0.25) is 0 Å². The zero-order valence-corrected chi connectivity index (χ0v) is 19.6. The molecule has 0 unspecified atom stereocenters. The van der Waals surface area contributed by atoms with Crippen LogP contribution in [0.4, 0.5) is 0 Å². The predicted molar refractivity (Wildman–Crippen MR) is 117 cm³/mol. The minimum absolute atomic E-state index is 0.00801. The molecule has 12 heteroatoms. The molecule has 9 atom stereocenters. The van der Waals surface area contributed by atoms with Crippen LogP contribution >= 0.6 is 0 Å². The molecular formula is C23H39NO11. The summed E-state index contributed by atoms with van der Waals surface area (Å²) in [6.07, 6.45) is -9.14. The van der Waals surface area contributed by atoms with Gasteiger partial charge in [-0.25, -0.2) is 0 Å². The van der Waals surface area contributed by atoms with Crippen molar-refractivity contribution < 1.29 is 55.1 Å². The summed E-state index contributed by atoms with van der Waals surface area (Å²) < 4.78 is 10.6. The van der Waals surface area contributed by atoms with Crippen molar-refractivity contribution in [3.8, 4) is 0 Å². The average Bonchev–Trinajstić information content (AvgIpc) is 2.83. The van der Waals surface area contributed by atoms with Crippen molar-refractivity contribution in [3.63, 3.8) is 0 Å². The Bertz CT molecular complexity index is 701.